The minimum Gasteiger partial charge on any atom is -0.147 e. The minimum atomic E-state index is -2.58. The second-order valence-electron chi connectivity index (χ2n) is 9.78. The Morgan fingerprint density at radius 2 is 1.31 bits per heavy atom. The van der Waals surface area contributed by atoms with E-state index in [1.54, 1.807) is 6.49 Å². The predicted molar refractivity (Wildman–Crippen MR) is 170 cm³/mol. The Hall–Kier alpha value is -2.51. The first-order valence-corrected chi connectivity index (χ1v) is 17.4. The van der Waals surface area contributed by atoms with Gasteiger partial charge in [0, 0.05) is 0 Å². The standard InChI is InChI=1S/C17H18N.C13H10.C5H5.2ClH.Zr/c1-3-18(4-2)16-11-7-9-14-12-13-8-5-6-10-15(13)17(14)16;1-3-7-12(8-4-1)11-13-9-5-2-6-10-13;1-2-4-5-3-1;;;/h5-12H,3-4H2,1-2H3;1-10H;1-3H,4H2;2*1H;. The fourth-order valence-corrected chi connectivity index (χ4v) is 15.2. The van der Waals surface area contributed by atoms with E-state index in [-0.39, 0.29) is 24.8 Å². The molecule has 4 aromatic rings. The number of fused-ring (bicyclic) bond motifs is 3. The van der Waals surface area contributed by atoms with Gasteiger partial charge in [0.2, 0.25) is 0 Å². The van der Waals surface area contributed by atoms with Crippen molar-refractivity contribution in [1.82, 2.24) is 0 Å². The fraction of sp³-hybridized carbons (Fsp3) is 0.171. The molecule has 6 rings (SSSR count). The molecule has 0 radical (unpaired) electrons. The van der Waals surface area contributed by atoms with Crippen molar-refractivity contribution in [2.75, 3.05) is 18.0 Å². The molecule has 39 heavy (non-hydrogen) atoms. The molecule has 1 nitrogen and oxygen atoms in total. The Kier molecular flexibility index (Phi) is 10.0. The van der Waals surface area contributed by atoms with Crippen LogP contribution in [0.4, 0.5) is 5.69 Å². The molecule has 2 aliphatic rings. The SMILES string of the molecule is CCN(CC)c1cccc2c1-c1ccccc1[CH]2[Zr]([C]1=CC=CC1)=[C](c1ccccc1)c1ccccc1.Cl.Cl. The van der Waals surface area contributed by atoms with Crippen LogP contribution in [0.3, 0.4) is 0 Å². The number of hydrogen-bond donors (Lipinski definition) is 0. The molecule has 0 aliphatic heterocycles. The molecule has 0 heterocycles. The molecule has 0 fully saturated rings. The normalized spacial score (nSPS) is 14.4. The molecule has 1 atom stereocenters. The maximum Gasteiger partial charge on any atom is -0.147 e. The number of benzene rings is 4. The summed E-state index contributed by atoms with van der Waals surface area (Å²) in [5, 5.41) is 0. The maximum absolute atomic E-state index is 2.58. The molecule has 0 aromatic heterocycles. The van der Waals surface area contributed by atoms with E-state index in [1.807, 2.05) is 0 Å². The summed E-state index contributed by atoms with van der Waals surface area (Å²) >= 11 is -2.58. The third-order valence-corrected chi connectivity index (χ3v) is 16.1. The van der Waals surface area contributed by atoms with Crippen LogP contribution in [-0.2, 0) is 21.3 Å². The number of anilines is 1. The third-order valence-electron chi connectivity index (χ3n) is 7.83. The zero-order valence-electron chi connectivity index (χ0n) is 22.5. The van der Waals surface area contributed by atoms with Crippen molar-refractivity contribution in [3.63, 3.8) is 0 Å². The van der Waals surface area contributed by atoms with E-state index in [4.69, 9.17) is 0 Å². The van der Waals surface area contributed by atoms with E-state index in [0.29, 0.717) is 3.63 Å². The molecule has 2 aliphatic carbocycles. The molecule has 0 N–H and O–H groups in total. The molecule has 198 valence electrons. The first kappa shape index (κ1) is 29.5. The number of nitrogens with zero attached hydrogens (tertiary/aromatic N) is 1. The number of halogens is 2. The Morgan fingerprint density at radius 1 is 0.718 bits per heavy atom. The molecular weight excluding hydrogens is 597 g/mol. The van der Waals surface area contributed by atoms with Crippen molar-refractivity contribution >= 4 is 33.7 Å². The number of rotatable bonds is 7. The van der Waals surface area contributed by atoms with E-state index < -0.39 is 21.3 Å². The quantitative estimate of drug-likeness (QED) is 0.197. The predicted octanol–water partition coefficient (Wildman–Crippen LogP) is 9.18. The zero-order chi connectivity index (χ0) is 25.2. The van der Waals surface area contributed by atoms with Crippen LogP contribution in [-0.4, -0.2) is 16.3 Å². The molecule has 0 amide bonds. The van der Waals surface area contributed by atoms with Crippen LogP contribution in [0.25, 0.3) is 11.1 Å². The van der Waals surface area contributed by atoms with Gasteiger partial charge in [0.15, 0.2) is 0 Å². The molecule has 0 bridgehead atoms. The van der Waals surface area contributed by atoms with E-state index in [9.17, 15) is 0 Å². The summed E-state index contributed by atoms with van der Waals surface area (Å²) in [6.07, 6.45) is 8.19. The summed E-state index contributed by atoms with van der Waals surface area (Å²) in [7, 11) is 0. The van der Waals surface area contributed by atoms with E-state index in [0.717, 1.165) is 19.5 Å². The van der Waals surface area contributed by atoms with Crippen molar-refractivity contribution in [3.8, 4) is 11.1 Å². The van der Waals surface area contributed by atoms with Gasteiger partial charge in [-0.3, -0.25) is 0 Å². The van der Waals surface area contributed by atoms with Crippen molar-refractivity contribution in [2.45, 2.75) is 23.9 Å². The fourth-order valence-electron chi connectivity index (χ4n) is 6.20. The second-order valence-corrected chi connectivity index (χ2v) is 16.0. The first-order valence-electron chi connectivity index (χ1n) is 13.5. The summed E-state index contributed by atoms with van der Waals surface area (Å²) in [6, 6.07) is 38.8. The van der Waals surface area contributed by atoms with Crippen molar-refractivity contribution < 1.29 is 21.3 Å². The van der Waals surface area contributed by atoms with Crippen molar-refractivity contribution in [3.05, 3.63) is 147 Å². The first-order chi connectivity index (χ1) is 18.3. The summed E-state index contributed by atoms with van der Waals surface area (Å²) in [4.78, 5) is 2.52. The summed E-state index contributed by atoms with van der Waals surface area (Å²) < 4.78 is 3.75. The average molecular weight is 632 g/mol. The largest absolute Gasteiger partial charge is 0.147 e. The van der Waals surface area contributed by atoms with Crippen LogP contribution in [0.5, 0.6) is 0 Å². The molecule has 0 saturated heterocycles. The Morgan fingerprint density at radius 3 is 1.90 bits per heavy atom. The van der Waals surface area contributed by atoms with Gasteiger partial charge in [0.1, 0.15) is 0 Å². The second kappa shape index (κ2) is 13.2. The van der Waals surface area contributed by atoms with Gasteiger partial charge in [-0.2, -0.15) is 0 Å². The van der Waals surface area contributed by atoms with Crippen LogP contribution < -0.4 is 4.90 Å². The van der Waals surface area contributed by atoms with Gasteiger partial charge in [-0.25, -0.2) is 0 Å². The van der Waals surface area contributed by atoms with Gasteiger partial charge in [-0.15, -0.1) is 24.8 Å². The van der Waals surface area contributed by atoms with Crippen LogP contribution in [0.15, 0.2) is 125 Å². The zero-order valence-corrected chi connectivity index (χ0v) is 26.6. The smallest absolute Gasteiger partial charge is 0.147 e. The summed E-state index contributed by atoms with van der Waals surface area (Å²) in [5.74, 6) is 0. The number of hydrogen-bond acceptors (Lipinski definition) is 1. The average Bonchev–Trinajstić information content (AvgIpc) is 3.61. The molecule has 1 unspecified atom stereocenters. The third kappa shape index (κ3) is 5.45. The van der Waals surface area contributed by atoms with Crippen molar-refractivity contribution in [1.29, 1.82) is 0 Å². The Bertz CT molecular complexity index is 1480. The van der Waals surface area contributed by atoms with Gasteiger partial charge in [-0.05, 0) is 0 Å². The summed E-state index contributed by atoms with van der Waals surface area (Å²) in [5.41, 5.74) is 10.1. The Labute approximate surface area is 253 Å². The van der Waals surface area contributed by atoms with Gasteiger partial charge in [0.05, 0.1) is 0 Å². The topological polar surface area (TPSA) is 3.24 Å². The Balaban J connectivity index is 0.00000176. The molecular formula is C35H35Cl2NZr. The molecule has 4 aromatic carbocycles. The van der Waals surface area contributed by atoms with Gasteiger partial charge in [0.25, 0.3) is 0 Å². The monoisotopic (exact) mass is 629 g/mol. The van der Waals surface area contributed by atoms with Crippen LogP contribution in [0.2, 0.25) is 0 Å². The van der Waals surface area contributed by atoms with Gasteiger partial charge in [-0.1, -0.05) is 0 Å². The molecule has 0 saturated carbocycles. The van der Waals surface area contributed by atoms with Gasteiger partial charge >= 0.3 is 230 Å². The van der Waals surface area contributed by atoms with Crippen LogP contribution in [0.1, 0.15) is 46.1 Å². The molecule has 0 spiro atoms. The van der Waals surface area contributed by atoms with Crippen molar-refractivity contribution in [2.24, 2.45) is 0 Å². The van der Waals surface area contributed by atoms with E-state index in [2.05, 4.69) is 140 Å². The number of allylic oxidation sites excluding steroid dienone is 4. The molecule has 4 heteroatoms. The van der Waals surface area contributed by atoms with E-state index in [1.165, 1.54) is 39.1 Å². The minimum absolute atomic E-state index is 0. The van der Waals surface area contributed by atoms with Crippen LogP contribution >= 0.6 is 24.8 Å². The van der Waals surface area contributed by atoms with Crippen LogP contribution in [0, 0.1) is 0 Å². The summed E-state index contributed by atoms with van der Waals surface area (Å²) in [6.45, 7) is 6.58. The van der Waals surface area contributed by atoms with E-state index >= 15 is 0 Å². The maximum atomic E-state index is 2.52. The van der Waals surface area contributed by atoms with Gasteiger partial charge < -0.3 is 0 Å².